The van der Waals surface area contributed by atoms with Crippen LogP contribution in [0.2, 0.25) is 0 Å². The molecule has 1 unspecified atom stereocenters. The molecule has 0 aromatic carbocycles. The third-order valence-electron chi connectivity index (χ3n) is 11.0. The Labute approximate surface area is 406 Å². The summed E-state index contributed by atoms with van der Waals surface area (Å²) in [6, 6.07) is 0. The van der Waals surface area contributed by atoms with Crippen LogP contribution in [-0.4, -0.2) is 37.2 Å². The number of carbonyl (C=O) groups is 3. The second kappa shape index (κ2) is 53.7. The highest BCUT2D eigenvalue weighted by molar-refractivity contribution is 5.71. The minimum Gasteiger partial charge on any atom is -0.462 e. The Morgan fingerprint density at radius 3 is 0.939 bits per heavy atom. The van der Waals surface area contributed by atoms with E-state index in [1.54, 1.807) is 0 Å². The van der Waals surface area contributed by atoms with Crippen molar-refractivity contribution in [1.82, 2.24) is 0 Å². The van der Waals surface area contributed by atoms with Crippen molar-refractivity contribution in [3.63, 3.8) is 0 Å². The molecule has 0 bridgehead atoms. The molecule has 0 aliphatic carbocycles. The third-order valence-corrected chi connectivity index (χ3v) is 11.0. The molecule has 6 heteroatoms. The standard InChI is InChI=1S/C60H98O6/c1-4-7-10-13-16-19-22-25-27-29-30-31-33-35-38-41-44-47-50-53-59(62)65-56-57(55-64-58(61)52-49-46-43-40-37-34-24-21-18-15-12-9-6-3)66-60(63)54-51-48-45-42-39-36-32-28-26-23-20-17-14-11-8-5-2/h7,9-10,12,16,18-21,23,25,27-28,30-32,34,37,57H,4-6,8,11,13-15,17,22,24,26,29,33,35-36,38-56H2,1-3H3/b10-7-,12-9-,19-16-,21-18-,23-20-,27-25-,31-30-,32-28-,37-34-. The van der Waals surface area contributed by atoms with Crippen molar-refractivity contribution in [2.24, 2.45) is 0 Å². The molecule has 0 rings (SSSR count). The molecule has 0 aromatic heterocycles. The Hall–Kier alpha value is -3.93. The van der Waals surface area contributed by atoms with Gasteiger partial charge < -0.3 is 14.2 Å². The van der Waals surface area contributed by atoms with Gasteiger partial charge in [-0.1, -0.05) is 201 Å². The monoisotopic (exact) mass is 915 g/mol. The van der Waals surface area contributed by atoms with Crippen LogP contribution in [0.5, 0.6) is 0 Å². The van der Waals surface area contributed by atoms with Crippen molar-refractivity contribution < 1.29 is 28.6 Å². The Balaban J connectivity index is 4.47. The van der Waals surface area contributed by atoms with E-state index in [4.69, 9.17) is 14.2 Å². The zero-order valence-electron chi connectivity index (χ0n) is 42.7. The summed E-state index contributed by atoms with van der Waals surface area (Å²) in [5.74, 6) is -0.963. The van der Waals surface area contributed by atoms with Crippen LogP contribution in [0.3, 0.4) is 0 Å². The Bertz CT molecular complexity index is 1370. The first-order valence-corrected chi connectivity index (χ1v) is 26.9. The average molecular weight is 915 g/mol. The fourth-order valence-corrected chi connectivity index (χ4v) is 7.01. The number of ether oxygens (including phenoxy) is 3. The number of esters is 3. The topological polar surface area (TPSA) is 78.9 Å². The molecule has 0 radical (unpaired) electrons. The molecule has 0 heterocycles. The van der Waals surface area contributed by atoms with E-state index in [-0.39, 0.29) is 31.1 Å². The summed E-state index contributed by atoms with van der Waals surface area (Å²) in [6.07, 6.45) is 72.1. The first-order valence-electron chi connectivity index (χ1n) is 26.9. The molecule has 1 atom stereocenters. The van der Waals surface area contributed by atoms with Gasteiger partial charge in [-0.2, -0.15) is 0 Å². The number of rotatable bonds is 47. The van der Waals surface area contributed by atoms with E-state index in [9.17, 15) is 14.4 Å². The maximum Gasteiger partial charge on any atom is 0.306 e. The van der Waals surface area contributed by atoms with Crippen molar-refractivity contribution in [2.75, 3.05) is 13.2 Å². The van der Waals surface area contributed by atoms with Crippen LogP contribution < -0.4 is 0 Å². The quantitative estimate of drug-likeness (QED) is 0.0262. The molecule has 0 saturated carbocycles. The van der Waals surface area contributed by atoms with E-state index in [0.717, 1.165) is 148 Å². The normalized spacial score (nSPS) is 13.0. The summed E-state index contributed by atoms with van der Waals surface area (Å²) < 4.78 is 16.8. The van der Waals surface area contributed by atoms with Crippen LogP contribution in [0.4, 0.5) is 0 Å². The van der Waals surface area contributed by atoms with Crippen molar-refractivity contribution in [3.8, 4) is 0 Å². The van der Waals surface area contributed by atoms with E-state index in [2.05, 4.69) is 130 Å². The molecule has 0 aromatic rings. The first kappa shape index (κ1) is 62.1. The molecule has 0 amide bonds. The Morgan fingerprint density at radius 2 is 0.591 bits per heavy atom. The van der Waals surface area contributed by atoms with E-state index in [1.807, 2.05) is 0 Å². The van der Waals surface area contributed by atoms with Crippen molar-refractivity contribution in [2.45, 2.75) is 239 Å². The van der Waals surface area contributed by atoms with Crippen molar-refractivity contribution in [3.05, 3.63) is 109 Å². The van der Waals surface area contributed by atoms with E-state index >= 15 is 0 Å². The highest BCUT2D eigenvalue weighted by atomic mass is 16.6. The van der Waals surface area contributed by atoms with Crippen LogP contribution in [0.25, 0.3) is 0 Å². The van der Waals surface area contributed by atoms with Gasteiger partial charge >= 0.3 is 17.9 Å². The first-order chi connectivity index (χ1) is 32.5. The van der Waals surface area contributed by atoms with Crippen molar-refractivity contribution >= 4 is 17.9 Å². The lowest BCUT2D eigenvalue weighted by Crippen LogP contribution is -2.30. The summed E-state index contributed by atoms with van der Waals surface area (Å²) in [7, 11) is 0. The molecule has 374 valence electrons. The number of unbranched alkanes of at least 4 members (excludes halogenated alkanes) is 18. The summed E-state index contributed by atoms with van der Waals surface area (Å²) >= 11 is 0. The van der Waals surface area contributed by atoms with E-state index < -0.39 is 6.10 Å². The molecule has 0 N–H and O–H groups in total. The molecule has 6 nitrogen and oxygen atoms in total. The van der Waals surface area contributed by atoms with Gasteiger partial charge in [0.05, 0.1) is 0 Å². The molecule has 0 aliphatic rings. The summed E-state index contributed by atoms with van der Waals surface area (Å²) in [6.45, 7) is 6.34. The molecule has 0 fully saturated rings. The zero-order valence-corrected chi connectivity index (χ0v) is 42.7. The van der Waals surface area contributed by atoms with Crippen LogP contribution in [-0.2, 0) is 28.6 Å². The van der Waals surface area contributed by atoms with Gasteiger partial charge in [-0.15, -0.1) is 0 Å². The van der Waals surface area contributed by atoms with Gasteiger partial charge in [-0.05, 0) is 122 Å². The van der Waals surface area contributed by atoms with Gasteiger partial charge in [0.15, 0.2) is 6.10 Å². The second-order valence-corrected chi connectivity index (χ2v) is 17.4. The SMILES string of the molecule is CC/C=C\C/C=C\C/C=C\C/C=C\CCCCCCCCC(=O)OCC(COC(=O)CCCCC/C=C\C/C=C\C/C=C\CC)OC(=O)CCCCCCC/C=C\C/C=C\CCCCCC. The average Bonchev–Trinajstić information content (AvgIpc) is 3.31. The number of hydrogen-bond acceptors (Lipinski definition) is 6. The molecule has 0 saturated heterocycles. The van der Waals surface area contributed by atoms with Gasteiger partial charge in [-0.3, -0.25) is 14.4 Å². The predicted molar refractivity (Wildman–Crippen MR) is 283 cm³/mol. The van der Waals surface area contributed by atoms with Gasteiger partial charge in [0, 0.05) is 19.3 Å². The molecule has 0 aliphatic heterocycles. The summed E-state index contributed by atoms with van der Waals surface area (Å²) in [5.41, 5.74) is 0. The maximum absolute atomic E-state index is 12.8. The summed E-state index contributed by atoms with van der Waals surface area (Å²) in [5, 5.41) is 0. The number of carbonyl (C=O) groups excluding carboxylic acids is 3. The second-order valence-electron chi connectivity index (χ2n) is 17.4. The zero-order chi connectivity index (χ0) is 47.9. The highest BCUT2D eigenvalue weighted by Crippen LogP contribution is 2.13. The molecular formula is C60H98O6. The smallest absolute Gasteiger partial charge is 0.306 e. The minimum atomic E-state index is -0.805. The number of allylic oxidation sites excluding steroid dienone is 18. The molecule has 66 heavy (non-hydrogen) atoms. The van der Waals surface area contributed by atoms with E-state index in [0.29, 0.717) is 19.3 Å². The van der Waals surface area contributed by atoms with Gasteiger partial charge in [0.2, 0.25) is 0 Å². The molecular weight excluding hydrogens is 817 g/mol. The molecule has 0 spiro atoms. The lowest BCUT2D eigenvalue weighted by Gasteiger charge is -2.18. The van der Waals surface area contributed by atoms with E-state index in [1.165, 1.54) is 44.9 Å². The summed E-state index contributed by atoms with van der Waals surface area (Å²) in [4.78, 5) is 38.1. The Kier molecular flexibility index (Phi) is 50.5. The Morgan fingerprint density at radius 1 is 0.318 bits per heavy atom. The van der Waals surface area contributed by atoms with Gasteiger partial charge in [0.25, 0.3) is 0 Å². The number of hydrogen-bond donors (Lipinski definition) is 0. The van der Waals surface area contributed by atoms with Gasteiger partial charge in [-0.25, -0.2) is 0 Å². The fraction of sp³-hybridized carbons (Fsp3) is 0.650. The predicted octanol–water partition coefficient (Wildman–Crippen LogP) is 17.9. The van der Waals surface area contributed by atoms with Gasteiger partial charge in [0.1, 0.15) is 13.2 Å². The lowest BCUT2D eigenvalue weighted by molar-refractivity contribution is -0.167. The minimum absolute atomic E-state index is 0.103. The van der Waals surface area contributed by atoms with Crippen LogP contribution >= 0.6 is 0 Å². The highest BCUT2D eigenvalue weighted by Gasteiger charge is 2.19. The maximum atomic E-state index is 12.8. The van der Waals surface area contributed by atoms with Crippen LogP contribution in [0, 0.1) is 0 Å². The fourth-order valence-electron chi connectivity index (χ4n) is 7.01. The third kappa shape index (κ3) is 51.1. The van der Waals surface area contributed by atoms with Crippen molar-refractivity contribution in [1.29, 1.82) is 0 Å². The van der Waals surface area contributed by atoms with Crippen LogP contribution in [0.1, 0.15) is 233 Å². The lowest BCUT2D eigenvalue weighted by atomic mass is 10.1. The largest absolute Gasteiger partial charge is 0.462 e. The van der Waals surface area contributed by atoms with Crippen LogP contribution in [0.15, 0.2) is 109 Å².